The first-order chi connectivity index (χ1) is 11.7. The molecule has 1 amide bonds. The van der Waals surface area contributed by atoms with E-state index in [1.165, 1.54) is 0 Å². The third kappa shape index (κ3) is 3.12. The number of benzene rings is 1. The Bertz CT molecular complexity index is 867. The van der Waals surface area contributed by atoms with Crippen LogP contribution in [-0.4, -0.2) is 22.4 Å². The molecular formula is C18H17N3OS2. The summed E-state index contributed by atoms with van der Waals surface area (Å²) >= 11 is 3.35. The molecule has 1 fully saturated rings. The number of aromatic nitrogens is 2. The van der Waals surface area contributed by atoms with Crippen molar-refractivity contribution in [1.82, 2.24) is 9.97 Å². The number of aryl methyl sites for hydroxylation is 1. The van der Waals surface area contributed by atoms with Gasteiger partial charge in [0.15, 0.2) is 0 Å². The van der Waals surface area contributed by atoms with Crippen LogP contribution in [0.4, 0.5) is 5.69 Å². The Hall–Kier alpha value is -2.05. The van der Waals surface area contributed by atoms with E-state index in [-0.39, 0.29) is 5.91 Å². The lowest BCUT2D eigenvalue weighted by Gasteiger charge is -2.15. The standard InChI is InChI=1S/C18H17N3OS2/c1-12-10-23-16(19-12)9-17-20-15(11-24-17)13-4-6-14(7-5-13)21-8-2-3-18(21)22/h4-7,10-11H,2-3,8-9H2,1H3. The first-order valence-corrected chi connectivity index (χ1v) is 9.71. The van der Waals surface area contributed by atoms with Crippen molar-refractivity contribution < 1.29 is 4.79 Å². The summed E-state index contributed by atoms with van der Waals surface area (Å²) in [5.41, 5.74) is 4.12. The highest BCUT2D eigenvalue weighted by molar-refractivity contribution is 7.11. The summed E-state index contributed by atoms with van der Waals surface area (Å²) < 4.78 is 0. The molecule has 1 aliphatic rings. The van der Waals surface area contributed by atoms with Gasteiger partial charge in [-0.15, -0.1) is 22.7 Å². The van der Waals surface area contributed by atoms with E-state index in [1.54, 1.807) is 22.7 Å². The van der Waals surface area contributed by atoms with E-state index in [0.29, 0.717) is 6.42 Å². The van der Waals surface area contributed by atoms with Gasteiger partial charge in [0, 0.05) is 40.7 Å². The zero-order valence-corrected chi connectivity index (χ0v) is 15.0. The fraction of sp³-hybridized carbons (Fsp3) is 0.278. The van der Waals surface area contributed by atoms with Gasteiger partial charge in [0.25, 0.3) is 0 Å². The highest BCUT2D eigenvalue weighted by Crippen LogP contribution is 2.28. The average Bonchev–Trinajstić information content (AvgIpc) is 3.30. The molecule has 0 saturated carbocycles. The molecular weight excluding hydrogens is 338 g/mol. The number of nitrogens with zero attached hydrogens (tertiary/aromatic N) is 3. The largest absolute Gasteiger partial charge is 0.312 e. The van der Waals surface area contributed by atoms with Crippen molar-refractivity contribution >= 4 is 34.3 Å². The van der Waals surface area contributed by atoms with Crippen molar-refractivity contribution in [3.63, 3.8) is 0 Å². The third-order valence-electron chi connectivity index (χ3n) is 4.07. The fourth-order valence-electron chi connectivity index (χ4n) is 2.87. The van der Waals surface area contributed by atoms with Gasteiger partial charge < -0.3 is 4.90 Å². The van der Waals surface area contributed by atoms with Crippen molar-refractivity contribution in [2.24, 2.45) is 0 Å². The van der Waals surface area contributed by atoms with Crippen LogP contribution >= 0.6 is 22.7 Å². The molecule has 3 heterocycles. The van der Waals surface area contributed by atoms with Crippen LogP contribution in [0.2, 0.25) is 0 Å². The summed E-state index contributed by atoms with van der Waals surface area (Å²) in [5, 5.41) is 6.35. The van der Waals surface area contributed by atoms with E-state index in [2.05, 4.69) is 15.7 Å². The van der Waals surface area contributed by atoms with Crippen molar-refractivity contribution in [3.05, 3.63) is 50.7 Å². The second kappa shape index (κ2) is 6.45. The maximum absolute atomic E-state index is 11.8. The van der Waals surface area contributed by atoms with E-state index in [0.717, 1.165) is 52.0 Å². The molecule has 0 aliphatic carbocycles. The molecule has 0 N–H and O–H groups in total. The predicted octanol–water partition coefficient (Wildman–Crippen LogP) is 4.29. The van der Waals surface area contributed by atoms with Crippen LogP contribution < -0.4 is 4.90 Å². The van der Waals surface area contributed by atoms with E-state index < -0.39 is 0 Å². The zero-order valence-electron chi connectivity index (χ0n) is 13.4. The van der Waals surface area contributed by atoms with Crippen LogP contribution in [0.1, 0.15) is 28.6 Å². The maximum atomic E-state index is 11.8. The minimum Gasteiger partial charge on any atom is -0.312 e. The molecule has 0 unspecified atom stereocenters. The highest BCUT2D eigenvalue weighted by atomic mass is 32.1. The second-order valence-corrected chi connectivity index (χ2v) is 7.77. The van der Waals surface area contributed by atoms with Gasteiger partial charge >= 0.3 is 0 Å². The molecule has 1 saturated heterocycles. The first-order valence-electron chi connectivity index (χ1n) is 7.95. The van der Waals surface area contributed by atoms with Gasteiger partial charge in [0.05, 0.1) is 17.1 Å². The van der Waals surface area contributed by atoms with Gasteiger partial charge in [0.1, 0.15) is 5.01 Å². The Morgan fingerprint density at radius 1 is 1.08 bits per heavy atom. The molecule has 1 aliphatic heterocycles. The summed E-state index contributed by atoms with van der Waals surface area (Å²) in [4.78, 5) is 22.9. The van der Waals surface area contributed by atoms with Crippen molar-refractivity contribution in [2.45, 2.75) is 26.2 Å². The molecule has 4 rings (SSSR count). The summed E-state index contributed by atoms with van der Waals surface area (Å²) in [7, 11) is 0. The Morgan fingerprint density at radius 3 is 2.50 bits per heavy atom. The van der Waals surface area contributed by atoms with Crippen LogP contribution in [-0.2, 0) is 11.2 Å². The summed E-state index contributed by atoms with van der Waals surface area (Å²) in [6.45, 7) is 2.84. The van der Waals surface area contributed by atoms with E-state index in [9.17, 15) is 4.79 Å². The molecule has 1 aromatic carbocycles. The predicted molar refractivity (Wildman–Crippen MR) is 98.8 cm³/mol. The number of carbonyl (C=O) groups excluding carboxylic acids is 1. The average molecular weight is 355 g/mol. The van der Waals surface area contributed by atoms with Gasteiger partial charge in [-0.25, -0.2) is 9.97 Å². The smallest absolute Gasteiger partial charge is 0.227 e. The van der Waals surface area contributed by atoms with E-state index in [1.807, 2.05) is 36.1 Å². The second-order valence-electron chi connectivity index (χ2n) is 5.88. The lowest BCUT2D eigenvalue weighted by Crippen LogP contribution is -2.23. The lowest BCUT2D eigenvalue weighted by atomic mass is 10.1. The summed E-state index contributed by atoms with van der Waals surface area (Å²) in [6.07, 6.45) is 2.41. The molecule has 3 aromatic rings. The minimum absolute atomic E-state index is 0.220. The number of anilines is 1. The molecule has 4 nitrogen and oxygen atoms in total. The fourth-order valence-corrected chi connectivity index (χ4v) is 4.55. The molecule has 0 atom stereocenters. The van der Waals surface area contributed by atoms with E-state index in [4.69, 9.17) is 4.98 Å². The lowest BCUT2D eigenvalue weighted by molar-refractivity contribution is -0.117. The van der Waals surface area contributed by atoms with Crippen LogP contribution in [0.3, 0.4) is 0 Å². The normalized spacial score (nSPS) is 14.5. The van der Waals surface area contributed by atoms with Gasteiger partial charge in [0.2, 0.25) is 5.91 Å². The van der Waals surface area contributed by atoms with Gasteiger partial charge in [-0.2, -0.15) is 0 Å². The molecule has 2 aromatic heterocycles. The Balaban J connectivity index is 1.50. The number of amides is 1. The summed E-state index contributed by atoms with van der Waals surface area (Å²) in [6, 6.07) is 8.13. The van der Waals surface area contributed by atoms with Crippen molar-refractivity contribution in [3.8, 4) is 11.3 Å². The first kappa shape index (κ1) is 15.5. The van der Waals surface area contributed by atoms with Crippen molar-refractivity contribution in [2.75, 3.05) is 11.4 Å². The number of hydrogen-bond donors (Lipinski definition) is 0. The number of carbonyl (C=O) groups is 1. The molecule has 6 heteroatoms. The molecule has 0 bridgehead atoms. The quantitative estimate of drug-likeness (QED) is 0.701. The number of rotatable bonds is 4. The summed E-state index contributed by atoms with van der Waals surface area (Å²) in [5.74, 6) is 0.220. The van der Waals surface area contributed by atoms with E-state index >= 15 is 0 Å². The van der Waals surface area contributed by atoms with Gasteiger partial charge in [-0.1, -0.05) is 12.1 Å². The minimum atomic E-state index is 0.220. The highest BCUT2D eigenvalue weighted by Gasteiger charge is 2.21. The molecule has 0 spiro atoms. The topological polar surface area (TPSA) is 46.1 Å². The van der Waals surface area contributed by atoms with Crippen LogP contribution in [0, 0.1) is 6.92 Å². The maximum Gasteiger partial charge on any atom is 0.227 e. The Labute approximate surface area is 148 Å². The van der Waals surface area contributed by atoms with Gasteiger partial charge in [-0.05, 0) is 25.5 Å². The number of hydrogen-bond acceptors (Lipinski definition) is 5. The monoisotopic (exact) mass is 355 g/mol. The molecule has 0 radical (unpaired) electrons. The van der Waals surface area contributed by atoms with Gasteiger partial charge in [-0.3, -0.25) is 4.79 Å². The van der Waals surface area contributed by atoms with Crippen LogP contribution in [0.15, 0.2) is 35.0 Å². The molecule has 24 heavy (non-hydrogen) atoms. The third-order valence-corrected chi connectivity index (χ3v) is 5.88. The Kier molecular flexibility index (Phi) is 4.16. The van der Waals surface area contributed by atoms with Crippen LogP contribution in [0.25, 0.3) is 11.3 Å². The molecule has 122 valence electrons. The zero-order chi connectivity index (χ0) is 16.5. The SMILES string of the molecule is Cc1csc(Cc2nc(-c3ccc(N4CCCC4=O)cc3)cs2)n1. The van der Waals surface area contributed by atoms with Crippen molar-refractivity contribution in [1.29, 1.82) is 0 Å². The van der Waals surface area contributed by atoms with Crippen LogP contribution in [0.5, 0.6) is 0 Å². The Morgan fingerprint density at radius 2 is 1.83 bits per heavy atom. The number of thiazole rings is 2.